The van der Waals surface area contributed by atoms with E-state index in [1.165, 1.54) is 0 Å². The van der Waals surface area contributed by atoms with Gasteiger partial charge in [-0.1, -0.05) is 15.9 Å². The van der Waals surface area contributed by atoms with Gasteiger partial charge in [-0.25, -0.2) is 0 Å². The number of hydrogen-bond acceptors (Lipinski definition) is 2. The zero-order valence-corrected chi connectivity index (χ0v) is 11.6. The lowest BCUT2D eigenvalue weighted by atomic mass is 10.1. The van der Waals surface area contributed by atoms with Gasteiger partial charge in [-0.3, -0.25) is 4.79 Å². The topological polar surface area (TPSA) is 30.2 Å². The van der Waals surface area contributed by atoms with Gasteiger partial charge in [0.05, 0.1) is 0 Å². The molecule has 82 valence electrons. The molecule has 0 unspecified atom stereocenters. The van der Waals surface area contributed by atoms with Gasteiger partial charge in [-0.05, 0) is 58.7 Å². The molecule has 0 N–H and O–H groups in total. The molecule has 1 heterocycles. The Morgan fingerprint density at radius 3 is 2.50 bits per heavy atom. The van der Waals surface area contributed by atoms with E-state index in [1.807, 2.05) is 19.1 Å². The SMILES string of the molecule is Cc1cc(Br)cc(C(=O)c2ccc(Br)o2)c1. The second-order valence-electron chi connectivity index (χ2n) is 3.45. The zero-order chi connectivity index (χ0) is 11.7. The van der Waals surface area contributed by atoms with Crippen LogP contribution in [0.2, 0.25) is 0 Å². The van der Waals surface area contributed by atoms with Crippen LogP contribution < -0.4 is 0 Å². The van der Waals surface area contributed by atoms with E-state index in [0.717, 1.165) is 10.0 Å². The molecule has 0 spiro atoms. The number of aryl methyl sites for hydroxylation is 1. The second-order valence-corrected chi connectivity index (χ2v) is 5.15. The van der Waals surface area contributed by atoms with Crippen molar-refractivity contribution in [2.45, 2.75) is 6.92 Å². The van der Waals surface area contributed by atoms with Crippen LogP contribution >= 0.6 is 31.9 Å². The van der Waals surface area contributed by atoms with Gasteiger partial charge in [-0.15, -0.1) is 0 Å². The van der Waals surface area contributed by atoms with Crippen molar-refractivity contribution in [3.05, 3.63) is 56.4 Å². The number of benzene rings is 1. The monoisotopic (exact) mass is 342 g/mol. The number of rotatable bonds is 2. The van der Waals surface area contributed by atoms with Crippen LogP contribution in [0, 0.1) is 6.92 Å². The fraction of sp³-hybridized carbons (Fsp3) is 0.0833. The fourth-order valence-corrected chi connectivity index (χ4v) is 2.36. The molecular weight excluding hydrogens is 336 g/mol. The summed E-state index contributed by atoms with van der Waals surface area (Å²) >= 11 is 6.54. The lowest BCUT2D eigenvalue weighted by Gasteiger charge is -2.01. The molecule has 0 amide bonds. The number of carbonyl (C=O) groups is 1. The molecule has 0 aliphatic heterocycles. The first-order valence-electron chi connectivity index (χ1n) is 4.63. The molecule has 0 aliphatic carbocycles. The highest BCUT2D eigenvalue weighted by Gasteiger charge is 2.13. The van der Waals surface area contributed by atoms with Crippen LogP contribution in [0.5, 0.6) is 0 Å². The normalized spacial score (nSPS) is 10.4. The summed E-state index contributed by atoms with van der Waals surface area (Å²) < 4.78 is 6.68. The third kappa shape index (κ3) is 2.44. The van der Waals surface area contributed by atoms with Crippen LogP contribution in [-0.4, -0.2) is 5.78 Å². The predicted octanol–water partition coefficient (Wildman–Crippen LogP) is 4.34. The Morgan fingerprint density at radius 1 is 1.19 bits per heavy atom. The Balaban J connectivity index is 2.41. The van der Waals surface area contributed by atoms with Gasteiger partial charge in [0.15, 0.2) is 10.4 Å². The molecule has 16 heavy (non-hydrogen) atoms. The van der Waals surface area contributed by atoms with Crippen LogP contribution in [0.4, 0.5) is 0 Å². The van der Waals surface area contributed by atoms with Crippen LogP contribution in [0.25, 0.3) is 0 Å². The highest BCUT2D eigenvalue weighted by atomic mass is 79.9. The Morgan fingerprint density at radius 2 is 1.94 bits per heavy atom. The van der Waals surface area contributed by atoms with Crippen molar-refractivity contribution in [3.8, 4) is 0 Å². The van der Waals surface area contributed by atoms with Gasteiger partial charge in [0.2, 0.25) is 5.78 Å². The van der Waals surface area contributed by atoms with Gasteiger partial charge >= 0.3 is 0 Å². The smallest absolute Gasteiger partial charge is 0.228 e. The average molecular weight is 344 g/mol. The van der Waals surface area contributed by atoms with Crippen molar-refractivity contribution in [2.24, 2.45) is 0 Å². The predicted molar refractivity (Wildman–Crippen MR) is 68.7 cm³/mol. The summed E-state index contributed by atoms with van der Waals surface area (Å²) in [6.45, 7) is 1.94. The molecule has 0 fully saturated rings. The molecular formula is C12H8Br2O2. The molecule has 2 rings (SSSR count). The van der Waals surface area contributed by atoms with E-state index in [9.17, 15) is 4.79 Å². The summed E-state index contributed by atoms with van der Waals surface area (Å²) in [5.41, 5.74) is 1.65. The highest BCUT2D eigenvalue weighted by Crippen LogP contribution is 2.21. The number of ketones is 1. The molecule has 1 aromatic carbocycles. The van der Waals surface area contributed by atoms with E-state index in [2.05, 4.69) is 31.9 Å². The molecule has 4 heteroatoms. The van der Waals surface area contributed by atoms with Crippen molar-refractivity contribution < 1.29 is 9.21 Å². The van der Waals surface area contributed by atoms with Gasteiger partial charge in [0.25, 0.3) is 0 Å². The molecule has 0 radical (unpaired) electrons. The van der Waals surface area contributed by atoms with Gasteiger partial charge in [0.1, 0.15) is 0 Å². The third-order valence-electron chi connectivity index (χ3n) is 2.10. The van der Waals surface area contributed by atoms with E-state index < -0.39 is 0 Å². The number of carbonyl (C=O) groups excluding carboxylic acids is 1. The average Bonchev–Trinajstić information content (AvgIpc) is 2.62. The minimum atomic E-state index is -0.116. The maximum atomic E-state index is 12.0. The second kappa shape index (κ2) is 4.55. The minimum absolute atomic E-state index is 0.116. The van der Waals surface area contributed by atoms with Crippen molar-refractivity contribution in [2.75, 3.05) is 0 Å². The standard InChI is InChI=1S/C12H8Br2O2/c1-7-4-8(6-9(13)5-7)12(15)10-2-3-11(14)16-10/h2-6H,1H3. The Kier molecular flexibility index (Phi) is 3.30. The van der Waals surface area contributed by atoms with Crippen molar-refractivity contribution in [1.82, 2.24) is 0 Å². The van der Waals surface area contributed by atoms with Gasteiger partial charge in [-0.2, -0.15) is 0 Å². The fourth-order valence-electron chi connectivity index (χ4n) is 1.45. The number of hydrogen-bond donors (Lipinski definition) is 0. The molecule has 0 bridgehead atoms. The summed E-state index contributed by atoms with van der Waals surface area (Å²) in [6, 6.07) is 8.94. The first-order chi connectivity index (χ1) is 7.56. The molecule has 0 saturated carbocycles. The van der Waals surface area contributed by atoms with Crippen molar-refractivity contribution >= 4 is 37.6 Å². The molecule has 2 aromatic rings. The maximum Gasteiger partial charge on any atom is 0.228 e. The molecule has 1 aromatic heterocycles. The minimum Gasteiger partial charge on any atom is -0.446 e. The van der Waals surface area contributed by atoms with Crippen LogP contribution in [0.15, 0.2) is 43.9 Å². The van der Waals surface area contributed by atoms with E-state index in [1.54, 1.807) is 18.2 Å². The van der Waals surface area contributed by atoms with E-state index in [-0.39, 0.29) is 5.78 Å². The number of halogens is 2. The van der Waals surface area contributed by atoms with Gasteiger partial charge in [0, 0.05) is 10.0 Å². The first-order valence-corrected chi connectivity index (χ1v) is 6.22. The highest BCUT2D eigenvalue weighted by molar-refractivity contribution is 9.10. The largest absolute Gasteiger partial charge is 0.446 e. The Hall–Kier alpha value is -0.870. The van der Waals surface area contributed by atoms with Crippen LogP contribution in [0.3, 0.4) is 0 Å². The zero-order valence-electron chi connectivity index (χ0n) is 8.46. The quantitative estimate of drug-likeness (QED) is 0.759. The summed E-state index contributed by atoms with van der Waals surface area (Å²) in [4.78, 5) is 12.0. The first kappa shape index (κ1) is 11.6. The lowest BCUT2D eigenvalue weighted by molar-refractivity contribution is 0.101. The van der Waals surface area contributed by atoms with Gasteiger partial charge < -0.3 is 4.42 Å². The van der Waals surface area contributed by atoms with Crippen LogP contribution in [-0.2, 0) is 0 Å². The number of furan rings is 1. The Bertz CT molecular complexity index is 523. The summed E-state index contributed by atoms with van der Waals surface area (Å²) in [5.74, 6) is 0.222. The van der Waals surface area contributed by atoms with Crippen molar-refractivity contribution in [1.29, 1.82) is 0 Å². The molecule has 0 saturated heterocycles. The third-order valence-corrected chi connectivity index (χ3v) is 2.99. The Labute approximate surface area is 110 Å². The molecule has 0 atom stereocenters. The molecule has 0 aliphatic rings. The van der Waals surface area contributed by atoms with E-state index in [0.29, 0.717) is 16.0 Å². The molecule has 2 nitrogen and oxygen atoms in total. The summed E-state index contributed by atoms with van der Waals surface area (Å²) in [5, 5.41) is 0. The van der Waals surface area contributed by atoms with E-state index >= 15 is 0 Å². The maximum absolute atomic E-state index is 12.0. The summed E-state index contributed by atoms with van der Waals surface area (Å²) in [6.07, 6.45) is 0. The van der Waals surface area contributed by atoms with Crippen LogP contribution in [0.1, 0.15) is 21.7 Å². The van der Waals surface area contributed by atoms with E-state index in [4.69, 9.17) is 4.42 Å². The summed E-state index contributed by atoms with van der Waals surface area (Å²) in [7, 11) is 0. The lowest BCUT2D eigenvalue weighted by Crippen LogP contribution is -1.99. The van der Waals surface area contributed by atoms with Crippen molar-refractivity contribution in [3.63, 3.8) is 0 Å².